The Morgan fingerprint density at radius 3 is 2.33 bits per heavy atom. The lowest BCUT2D eigenvalue weighted by molar-refractivity contribution is 0.0644. The van der Waals surface area contributed by atoms with Crippen LogP contribution in [0.2, 0.25) is 0 Å². The van der Waals surface area contributed by atoms with Crippen molar-refractivity contribution < 1.29 is 9.50 Å². The molecule has 0 aromatic heterocycles. The Balaban J connectivity index is 3.18. The SMILES string of the molecule is C=C(O)[C@](C)(C1=CCCC=C1)C(C)(C)F. The van der Waals surface area contributed by atoms with E-state index >= 15 is 0 Å². The van der Waals surface area contributed by atoms with Gasteiger partial charge in [-0.25, -0.2) is 4.39 Å². The number of aliphatic hydroxyl groups excluding tert-OH is 1. The van der Waals surface area contributed by atoms with Crippen LogP contribution in [-0.2, 0) is 0 Å². The number of alkyl halides is 1. The number of halogens is 1. The summed E-state index contributed by atoms with van der Waals surface area (Å²) in [6, 6.07) is 0. The second-order valence-electron chi connectivity index (χ2n) is 4.68. The van der Waals surface area contributed by atoms with Crippen molar-refractivity contribution in [3.8, 4) is 0 Å². The van der Waals surface area contributed by atoms with Gasteiger partial charge in [-0.2, -0.15) is 0 Å². The molecule has 1 aliphatic carbocycles. The van der Waals surface area contributed by atoms with Gasteiger partial charge in [-0.15, -0.1) is 0 Å². The molecule has 0 aliphatic heterocycles. The van der Waals surface area contributed by atoms with Gasteiger partial charge in [-0.3, -0.25) is 0 Å². The second kappa shape index (κ2) is 3.84. The van der Waals surface area contributed by atoms with Crippen molar-refractivity contribution in [1.82, 2.24) is 0 Å². The van der Waals surface area contributed by atoms with Crippen LogP contribution in [0.25, 0.3) is 0 Å². The second-order valence-corrected chi connectivity index (χ2v) is 4.68. The minimum atomic E-state index is -1.54. The highest BCUT2D eigenvalue weighted by Crippen LogP contribution is 2.46. The van der Waals surface area contributed by atoms with Gasteiger partial charge in [0.25, 0.3) is 0 Å². The van der Waals surface area contributed by atoms with Crippen molar-refractivity contribution >= 4 is 0 Å². The molecule has 84 valence electrons. The maximum Gasteiger partial charge on any atom is 0.121 e. The number of hydrogen-bond acceptors (Lipinski definition) is 1. The molecule has 0 unspecified atom stereocenters. The molecule has 0 aromatic rings. The molecular formula is C13H19FO. The first-order valence-electron chi connectivity index (χ1n) is 5.24. The van der Waals surface area contributed by atoms with Crippen molar-refractivity contribution in [2.45, 2.75) is 39.3 Å². The van der Waals surface area contributed by atoms with Crippen LogP contribution in [-0.4, -0.2) is 10.8 Å². The summed E-state index contributed by atoms with van der Waals surface area (Å²) < 4.78 is 14.2. The van der Waals surface area contributed by atoms with E-state index in [1.54, 1.807) is 6.92 Å². The molecule has 1 aliphatic rings. The van der Waals surface area contributed by atoms with Gasteiger partial charge in [0.15, 0.2) is 0 Å². The minimum Gasteiger partial charge on any atom is -0.512 e. The highest BCUT2D eigenvalue weighted by molar-refractivity contribution is 5.37. The van der Waals surface area contributed by atoms with Gasteiger partial charge >= 0.3 is 0 Å². The highest BCUT2D eigenvalue weighted by Gasteiger charge is 2.46. The van der Waals surface area contributed by atoms with Crippen LogP contribution in [0.5, 0.6) is 0 Å². The van der Waals surface area contributed by atoms with Gasteiger partial charge in [-0.05, 0) is 39.2 Å². The van der Waals surface area contributed by atoms with E-state index in [2.05, 4.69) is 6.58 Å². The Labute approximate surface area is 91.0 Å². The first kappa shape index (κ1) is 12.0. The van der Waals surface area contributed by atoms with Gasteiger partial charge in [0.1, 0.15) is 5.67 Å². The standard InChI is InChI=1S/C13H19FO/c1-10(15)13(4,12(2,3)14)11-8-6-5-7-9-11/h6,8-9,15H,1,5,7H2,2-4H3/t13-/m1/s1. The third-order valence-corrected chi connectivity index (χ3v) is 3.34. The summed E-state index contributed by atoms with van der Waals surface area (Å²) in [5, 5.41) is 9.65. The molecule has 0 bridgehead atoms. The monoisotopic (exact) mass is 210 g/mol. The van der Waals surface area contributed by atoms with Gasteiger partial charge in [0, 0.05) is 0 Å². The summed E-state index contributed by atoms with van der Waals surface area (Å²) in [5.74, 6) is -0.118. The van der Waals surface area contributed by atoms with Gasteiger partial charge in [0.2, 0.25) is 0 Å². The quantitative estimate of drug-likeness (QED) is 0.696. The normalized spacial score (nSPS) is 20.7. The molecule has 1 nitrogen and oxygen atoms in total. The lowest BCUT2D eigenvalue weighted by Crippen LogP contribution is -2.40. The maximum atomic E-state index is 14.2. The lowest BCUT2D eigenvalue weighted by atomic mass is 9.68. The van der Waals surface area contributed by atoms with Gasteiger partial charge < -0.3 is 5.11 Å². The minimum absolute atomic E-state index is 0.118. The molecule has 15 heavy (non-hydrogen) atoms. The fourth-order valence-corrected chi connectivity index (χ4v) is 1.84. The van der Waals surface area contributed by atoms with Crippen LogP contribution in [0, 0.1) is 5.41 Å². The number of rotatable bonds is 3. The molecule has 0 fully saturated rings. The van der Waals surface area contributed by atoms with E-state index in [0.717, 1.165) is 18.4 Å². The summed E-state index contributed by atoms with van der Waals surface area (Å²) in [7, 11) is 0. The summed E-state index contributed by atoms with van der Waals surface area (Å²) in [4.78, 5) is 0. The molecule has 1 rings (SSSR count). The Kier molecular flexibility index (Phi) is 3.08. The Morgan fingerprint density at radius 1 is 1.40 bits per heavy atom. The van der Waals surface area contributed by atoms with E-state index in [9.17, 15) is 9.50 Å². The van der Waals surface area contributed by atoms with E-state index in [0.29, 0.717) is 0 Å². The predicted molar refractivity (Wildman–Crippen MR) is 61.5 cm³/mol. The Hall–Kier alpha value is -1.05. The van der Waals surface area contributed by atoms with Crippen LogP contribution in [0.1, 0.15) is 33.6 Å². The average Bonchev–Trinajstić information content (AvgIpc) is 2.16. The Bertz CT molecular complexity index is 320. The number of hydrogen-bond donors (Lipinski definition) is 1. The van der Waals surface area contributed by atoms with Crippen LogP contribution in [0.4, 0.5) is 4.39 Å². The van der Waals surface area contributed by atoms with Crippen molar-refractivity contribution in [2.75, 3.05) is 0 Å². The summed E-state index contributed by atoms with van der Waals surface area (Å²) in [5.41, 5.74) is -1.75. The molecule has 0 saturated heterocycles. The topological polar surface area (TPSA) is 20.2 Å². The van der Waals surface area contributed by atoms with E-state index in [-0.39, 0.29) is 5.76 Å². The smallest absolute Gasteiger partial charge is 0.121 e. The van der Waals surface area contributed by atoms with E-state index in [1.807, 2.05) is 18.2 Å². The van der Waals surface area contributed by atoms with Crippen LogP contribution in [0.3, 0.4) is 0 Å². The lowest BCUT2D eigenvalue weighted by Gasteiger charge is -2.39. The molecule has 0 spiro atoms. The van der Waals surface area contributed by atoms with Crippen LogP contribution >= 0.6 is 0 Å². The first-order chi connectivity index (χ1) is 6.80. The predicted octanol–water partition coefficient (Wildman–Crippen LogP) is 4.09. The molecule has 2 heteroatoms. The molecular weight excluding hydrogens is 191 g/mol. The first-order valence-corrected chi connectivity index (χ1v) is 5.24. The molecule has 1 atom stereocenters. The fraction of sp³-hybridized carbons (Fsp3) is 0.538. The molecule has 0 radical (unpaired) electrons. The third-order valence-electron chi connectivity index (χ3n) is 3.34. The van der Waals surface area contributed by atoms with E-state index < -0.39 is 11.1 Å². The zero-order valence-electron chi connectivity index (χ0n) is 9.68. The zero-order valence-corrected chi connectivity index (χ0v) is 9.68. The van der Waals surface area contributed by atoms with Crippen molar-refractivity contribution in [1.29, 1.82) is 0 Å². The van der Waals surface area contributed by atoms with E-state index in [4.69, 9.17) is 0 Å². The Morgan fingerprint density at radius 2 is 2.00 bits per heavy atom. The maximum absolute atomic E-state index is 14.2. The van der Waals surface area contributed by atoms with Crippen molar-refractivity contribution in [2.24, 2.45) is 5.41 Å². The van der Waals surface area contributed by atoms with Gasteiger partial charge in [-0.1, -0.05) is 24.8 Å². The van der Waals surface area contributed by atoms with Crippen LogP contribution < -0.4 is 0 Å². The molecule has 0 aromatic carbocycles. The fourth-order valence-electron chi connectivity index (χ4n) is 1.84. The summed E-state index contributed by atoms with van der Waals surface area (Å²) >= 11 is 0. The highest BCUT2D eigenvalue weighted by atomic mass is 19.1. The third kappa shape index (κ3) is 1.99. The summed E-state index contributed by atoms with van der Waals surface area (Å²) in [6.45, 7) is 8.14. The van der Waals surface area contributed by atoms with Crippen LogP contribution in [0.15, 0.2) is 36.1 Å². The van der Waals surface area contributed by atoms with Gasteiger partial charge in [0.05, 0.1) is 11.2 Å². The van der Waals surface area contributed by atoms with Crippen molar-refractivity contribution in [3.05, 3.63) is 36.1 Å². The van der Waals surface area contributed by atoms with Crippen molar-refractivity contribution in [3.63, 3.8) is 0 Å². The van der Waals surface area contributed by atoms with E-state index in [1.165, 1.54) is 13.8 Å². The number of allylic oxidation sites excluding steroid dienone is 4. The molecule has 0 amide bonds. The largest absolute Gasteiger partial charge is 0.512 e. The zero-order chi connectivity index (χ0) is 11.7. The summed E-state index contributed by atoms with van der Waals surface area (Å²) in [6.07, 6.45) is 7.73. The molecule has 1 N–H and O–H groups in total. The molecule has 0 saturated carbocycles. The molecule has 0 heterocycles. The average molecular weight is 210 g/mol. The number of aliphatic hydroxyl groups is 1.